The fraction of sp³-hybridized carbons (Fsp3) is 0.208. The van der Waals surface area contributed by atoms with Crippen molar-refractivity contribution in [2.75, 3.05) is 17.3 Å². The lowest BCUT2D eigenvalue weighted by molar-refractivity contribution is -0.115. The molecule has 0 N–H and O–H groups in total. The fourth-order valence-corrected chi connectivity index (χ4v) is 4.96. The monoisotopic (exact) mass is 436 g/mol. The van der Waals surface area contributed by atoms with Gasteiger partial charge in [-0.25, -0.2) is 9.18 Å². The van der Waals surface area contributed by atoms with Crippen LogP contribution in [0.25, 0.3) is 11.1 Å². The summed E-state index contributed by atoms with van der Waals surface area (Å²) < 4.78 is 18.7. The number of aromatic nitrogens is 1. The van der Waals surface area contributed by atoms with Gasteiger partial charge in [0, 0.05) is 23.6 Å². The molecule has 0 bridgehead atoms. The highest BCUT2D eigenvalue weighted by Gasteiger charge is 2.36. The van der Waals surface area contributed by atoms with Crippen molar-refractivity contribution in [3.8, 4) is 11.1 Å². The number of pyridine rings is 1. The number of hydrogen-bond donors (Lipinski definition) is 0. The van der Waals surface area contributed by atoms with Crippen molar-refractivity contribution in [1.29, 1.82) is 0 Å². The Balaban J connectivity index is 1.85. The highest BCUT2D eigenvalue weighted by molar-refractivity contribution is 8.00. The maximum atomic E-state index is 13.4. The van der Waals surface area contributed by atoms with Crippen molar-refractivity contribution in [1.82, 2.24) is 4.98 Å². The molecular formula is C24H21FN2O3S. The van der Waals surface area contributed by atoms with E-state index < -0.39 is 5.97 Å². The van der Waals surface area contributed by atoms with Gasteiger partial charge >= 0.3 is 5.97 Å². The van der Waals surface area contributed by atoms with E-state index in [0.717, 1.165) is 16.7 Å². The van der Waals surface area contributed by atoms with E-state index in [-0.39, 0.29) is 23.7 Å². The maximum absolute atomic E-state index is 13.4. The highest BCUT2D eigenvalue weighted by atomic mass is 32.2. The molecule has 0 aliphatic carbocycles. The number of ether oxygens (including phenoxy) is 1. The normalized spacial score (nSPS) is 15.9. The molecule has 1 amide bonds. The van der Waals surface area contributed by atoms with Gasteiger partial charge in [0.15, 0.2) is 0 Å². The third-order valence-corrected chi connectivity index (χ3v) is 6.40. The first-order chi connectivity index (χ1) is 15.0. The Morgan fingerprint density at radius 3 is 2.55 bits per heavy atom. The summed E-state index contributed by atoms with van der Waals surface area (Å²) in [6.45, 7) is 3.92. The minimum Gasteiger partial charge on any atom is -0.462 e. The molecule has 1 unspecified atom stereocenters. The summed E-state index contributed by atoms with van der Waals surface area (Å²) in [5, 5.41) is -0.273. The van der Waals surface area contributed by atoms with Crippen molar-refractivity contribution in [3.05, 3.63) is 83.4 Å². The molecule has 1 aliphatic heterocycles. The van der Waals surface area contributed by atoms with Gasteiger partial charge in [0.25, 0.3) is 0 Å². The number of carbonyl (C=O) groups excluding carboxylic acids is 2. The van der Waals surface area contributed by atoms with Crippen LogP contribution >= 0.6 is 11.8 Å². The average molecular weight is 437 g/mol. The number of amides is 1. The molecule has 1 atom stereocenters. The Morgan fingerprint density at radius 1 is 1.16 bits per heavy atom. The zero-order chi connectivity index (χ0) is 22.0. The van der Waals surface area contributed by atoms with E-state index in [1.807, 2.05) is 19.1 Å². The maximum Gasteiger partial charge on any atom is 0.338 e. The van der Waals surface area contributed by atoms with Gasteiger partial charge in [0.05, 0.1) is 17.9 Å². The van der Waals surface area contributed by atoms with E-state index in [1.54, 1.807) is 48.5 Å². The second-order valence-electron chi connectivity index (χ2n) is 7.07. The zero-order valence-electron chi connectivity index (χ0n) is 17.2. The minimum atomic E-state index is -0.416. The van der Waals surface area contributed by atoms with Gasteiger partial charge in [-0.1, -0.05) is 12.1 Å². The lowest BCUT2D eigenvalue weighted by atomic mass is 9.93. The van der Waals surface area contributed by atoms with E-state index >= 15 is 0 Å². The molecule has 5 nitrogen and oxygen atoms in total. The third-order valence-electron chi connectivity index (χ3n) is 5.18. The van der Waals surface area contributed by atoms with Crippen LogP contribution in [0.3, 0.4) is 0 Å². The summed E-state index contributed by atoms with van der Waals surface area (Å²) in [6, 6.07) is 13.3. The number of halogens is 1. The van der Waals surface area contributed by atoms with Crippen molar-refractivity contribution < 1.29 is 18.7 Å². The molecule has 1 aliphatic rings. The number of nitrogens with zero attached hydrogens (tertiary/aromatic N) is 2. The predicted octanol–water partition coefficient (Wildman–Crippen LogP) is 5.15. The first kappa shape index (κ1) is 21.1. The first-order valence-corrected chi connectivity index (χ1v) is 11.0. The molecule has 0 spiro atoms. The molecule has 1 saturated heterocycles. The summed E-state index contributed by atoms with van der Waals surface area (Å²) in [6.07, 6.45) is 3.32. The summed E-state index contributed by atoms with van der Waals surface area (Å²) >= 11 is 1.49. The zero-order valence-corrected chi connectivity index (χ0v) is 18.0. The van der Waals surface area contributed by atoms with Crippen molar-refractivity contribution in [2.45, 2.75) is 19.2 Å². The number of benzene rings is 2. The molecule has 1 aromatic heterocycles. The van der Waals surface area contributed by atoms with E-state index in [0.29, 0.717) is 22.6 Å². The van der Waals surface area contributed by atoms with Crippen molar-refractivity contribution in [3.63, 3.8) is 0 Å². The summed E-state index contributed by atoms with van der Waals surface area (Å²) in [5.41, 5.74) is 4.31. The first-order valence-electron chi connectivity index (χ1n) is 9.91. The molecular weight excluding hydrogens is 415 g/mol. The SMILES string of the molecule is CCOC(=O)c1ccc(N2C(=O)CSC2c2ccc(F)cc2)c(C)c1-c1ccncc1. The van der Waals surface area contributed by atoms with Gasteiger partial charge in [-0.15, -0.1) is 11.8 Å². The molecule has 0 saturated carbocycles. The van der Waals surface area contributed by atoms with Crippen LogP contribution in [0.15, 0.2) is 60.9 Å². The lowest BCUT2D eigenvalue weighted by Gasteiger charge is -2.27. The van der Waals surface area contributed by atoms with Gasteiger partial charge in [-0.3, -0.25) is 14.7 Å². The third kappa shape index (κ3) is 4.05. The molecule has 1 fully saturated rings. The molecule has 3 aromatic rings. The smallest absolute Gasteiger partial charge is 0.338 e. The van der Waals surface area contributed by atoms with Gasteiger partial charge < -0.3 is 4.74 Å². The summed E-state index contributed by atoms with van der Waals surface area (Å²) in [5.74, 6) is -0.446. The van der Waals surface area contributed by atoms with Crippen LogP contribution in [0.1, 0.15) is 33.8 Å². The highest BCUT2D eigenvalue weighted by Crippen LogP contribution is 2.45. The van der Waals surface area contributed by atoms with E-state index in [4.69, 9.17) is 4.74 Å². The standard InChI is InChI=1S/C24H21FN2O3S/c1-3-30-24(29)19-8-9-20(15(2)22(19)16-10-12-26-13-11-16)27-21(28)14-31-23(27)17-4-6-18(25)7-5-17/h4-13,23H,3,14H2,1-2H3. The number of anilines is 1. The topological polar surface area (TPSA) is 59.5 Å². The average Bonchev–Trinajstić information content (AvgIpc) is 3.16. The predicted molar refractivity (Wildman–Crippen MR) is 119 cm³/mol. The van der Waals surface area contributed by atoms with Crippen molar-refractivity contribution in [2.24, 2.45) is 0 Å². The van der Waals surface area contributed by atoms with Crippen LogP contribution in [0.4, 0.5) is 10.1 Å². The number of esters is 1. The molecule has 2 heterocycles. The largest absolute Gasteiger partial charge is 0.462 e. The molecule has 2 aromatic carbocycles. The number of carbonyl (C=O) groups is 2. The Hall–Kier alpha value is -3.19. The van der Waals surface area contributed by atoms with Crippen LogP contribution in [0.5, 0.6) is 0 Å². The second kappa shape index (κ2) is 8.89. The van der Waals surface area contributed by atoms with E-state index in [2.05, 4.69) is 4.98 Å². The van der Waals surface area contributed by atoms with E-state index in [9.17, 15) is 14.0 Å². The van der Waals surface area contributed by atoms with Crippen LogP contribution in [0, 0.1) is 12.7 Å². The van der Waals surface area contributed by atoms with Gasteiger partial charge in [0.2, 0.25) is 5.91 Å². The van der Waals surface area contributed by atoms with Gasteiger partial charge in [-0.2, -0.15) is 0 Å². The van der Waals surface area contributed by atoms with Crippen molar-refractivity contribution >= 4 is 29.3 Å². The molecule has 31 heavy (non-hydrogen) atoms. The fourth-order valence-electron chi connectivity index (χ4n) is 3.79. The molecule has 7 heteroatoms. The van der Waals surface area contributed by atoms with Crippen LogP contribution in [-0.4, -0.2) is 29.2 Å². The number of rotatable bonds is 5. The summed E-state index contributed by atoms with van der Waals surface area (Å²) in [7, 11) is 0. The quantitative estimate of drug-likeness (QED) is 0.518. The Morgan fingerprint density at radius 2 is 1.87 bits per heavy atom. The number of thioether (sulfide) groups is 1. The Kier molecular flexibility index (Phi) is 6.04. The number of hydrogen-bond acceptors (Lipinski definition) is 5. The Bertz CT molecular complexity index is 1120. The van der Waals surface area contributed by atoms with Crippen LogP contribution < -0.4 is 4.90 Å². The molecule has 0 radical (unpaired) electrons. The van der Waals surface area contributed by atoms with Crippen LogP contribution in [-0.2, 0) is 9.53 Å². The second-order valence-corrected chi connectivity index (χ2v) is 8.14. The molecule has 158 valence electrons. The van der Waals surface area contributed by atoms with E-state index in [1.165, 1.54) is 23.9 Å². The summed E-state index contributed by atoms with van der Waals surface area (Å²) in [4.78, 5) is 31.3. The lowest BCUT2D eigenvalue weighted by Crippen LogP contribution is -2.29. The van der Waals surface area contributed by atoms with Gasteiger partial charge in [0.1, 0.15) is 11.2 Å². The Labute approximate surface area is 184 Å². The minimum absolute atomic E-state index is 0.0352. The molecule has 4 rings (SSSR count). The van der Waals surface area contributed by atoms with Crippen LogP contribution in [0.2, 0.25) is 0 Å². The van der Waals surface area contributed by atoms with Gasteiger partial charge in [-0.05, 0) is 66.9 Å².